The van der Waals surface area contributed by atoms with Crippen LogP contribution in [0.5, 0.6) is 0 Å². The summed E-state index contributed by atoms with van der Waals surface area (Å²) in [6.07, 6.45) is 7.17. The molecule has 2 aliphatic heterocycles. The number of amides is 2. The second-order valence-electron chi connectivity index (χ2n) is 7.89. The zero-order valence-corrected chi connectivity index (χ0v) is 15.7. The number of likely N-dealkylation sites (N-methyl/N-ethyl adjacent to an activating group) is 1. The van der Waals surface area contributed by atoms with Gasteiger partial charge >= 0.3 is 0 Å². The first-order chi connectivity index (χ1) is 12.9. The second kappa shape index (κ2) is 6.84. The van der Waals surface area contributed by atoms with Gasteiger partial charge in [0.2, 0.25) is 5.91 Å². The van der Waals surface area contributed by atoms with Crippen LogP contribution in [0.15, 0.2) is 18.5 Å². The first kappa shape index (κ1) is 17.8. The predicted octanol–water partition coefficient (Wildman–Crippen LogP) is 1.16. The monoisotopic (exact) mass is 370 g/mol. The number of nitrogens with two attached hydrogens (primary N) is 1. The number of anilines is 1. The third kappa shape index (κ3) is 3.25. The van der Waals surface area contributed by atoms with Crippen LogP contribution >= 0.6 is 0 Å². The fraction of sp³-hybridized carbons (Fsp3) is 0.526. The Hall–Kier alpha value is -2.61. The molecule has 8 nitrogen and oxygen atoms in total. The fourth-order valence-corrected chi connectivity index (χ4v) is 4.61. The molecule has 0 spiro atoms. The quantitative estimate of drug-likeness (QED) is 0.732. The highest BCUT2D eigenvalue weighted by molar-refractivity contribution is 6.06. The first-order valence-electron chi connectivity index (χ1n) is 9.42. The topological polar surface area (TPSA) is 107 Å². The summed E-state index contributed by atoms with van der Waals surface area (Å²) in [5, 5.41) is 4.42. The number of aromatic amines is 1. The Kier molecular flexibility index (Phi) is 4.51. The minimum atomic E-state index is -0.491. The molecule has 2 bridgehead atoms. The van der Waals surface area contributed by atoms with Gasteiger partial charge in [0.15, 0.2) is 0 Å². The number of carbonyl (C=O) groups is 2. The third-order valence-corrected chi connectivity index (χ3v) is 5.67. The van der Waals surface area contributed by atoms with Crippen molar-refractivity contribution in [3.05, 3.63) is 24.0 Å². The maximum Gasteiger partial charge on any atom is 0.252 e. The van der Waals surface area contributed by atoms with E-state index in [-0.39, 0.29) is 24.0 Å². The maximum atomic E-state index is 12.6. The lowest BCUT2D eigenvalue weighted by atomic mass is 9.96. The van der Waals surface area contributed by atoms with Crippen molar-refractivity contribution in [3.8, 4) is 0 Å². The number of nitrogens with zero attached hydrogens (tertiary/aromatic N) is 3. The zero-order chi connectivity index (χ0) is 19.1. The van der Waals surface area contributed by atoms with Crippen LogP contribution in [0.3, 0.4) is 0 Å². The van der Waals surface area contributed by atoms with Crippen molar-refractivity contribution in [2.24, 2.45) is 5.73 Å². The van der Waals surface area contributed by atoms with Gasteiger partial charge in [0.1, 0.15) is 5.65 Å². The van der Waals surface area contributed by atoms with E-state index in [0.29, 0.717) is 12.1 Å². The van der Waals surface area contributed by atoms with Gasteiger partial charge in [0.25, 0.3) is 5.91 Å². The molecule has 1 unspecified atom stereocenters. The van der Waals surface area contributed by atoms with Gasteiger partial charge in [-0.15, -0.1) is 0 Å². The molecule has 3 atom stereocenters. The molecule has 0 radical (unpaired) electrons. The average molecular weight is 370 g/mol. The van der Waals surface area contributed by atoms with Crippen molar-refractivity contribution < 1.29 is 9.59 Å². The number of pyridine rings is 1. The van der Waals surface area contributed by atoms with Gasteiger partial charge in [-0.2, -0.15) is 0 Å². The Morgan fingerprint density at radius 2 is 2.04 bits per heavy atom. The molecule has 2 aliphatic rings. The lowest BCUT2D eigenvalue weighted by Crippen LogP contribution is -2.52. The number of rotatable bonds is 5. The molecule has 0 aliphatic carbocycles. The van der Waals surface area contributed by atoms with Crippen LogP contribution in [0.2, 0.25) is 0 Å². The number of nitrogens with one attached hydrogen (secondary N) is 2. The van der Waals surface area contributed by atoms with Crippen molar-refractivity contribution in [2.75, 3.05) is 26.0 Å². The number of primary amides is 1. The van der Waals surface area contributed by atoms with Crippen LogP contribution < -0.4 is 11.1 Å². The molecule has 2 amide bonds. The number of H-pyrrole nitrogens is 1. The standard InChI is InChI=1S/C19H26N6O2/c1-24(2)10-16(26)25-12-3-4-13(25)8-11(7-12)23-17-14-5-6-21-19(14)22-9-15(17)18(20)27/h5-6,9,11-13H,3-4,7-8,10H2,1-2H3,(H2,20,27)(H2,21,22,23)/t11?,12-,13+. The third-order valence-electron chi connectivity index (χ3n) is 5.67. The highest BCUT2D eigenvalue weighted by atomic mass is 16.2. The molecular formula is C19H26N6O2. The molecule has 8 heteroatoms. The van der Waals surface area contributed by atoms with Gasteiger partial charge in [-0.3, -0.25) is 9.59 Å². The molecule has 4 rings (SSSR count). The van der Waals surface area contributed by atoms with E-state index < -0.39 is 5.91 Å². The van der Waals surface area contributed by atoms with Gasteiger partial charge in [-0.05, 0) is 45.8 Å². The van der Waals surface area contributed by atoms with Gasteiger partial charge in [-0.1, -0.05) is 0 Å². The van der Waals surface area contributed by atoms with Crippen molar-refractivity contribution in [1.82, 2.24) is 19.8 Å². The summed E-state index contributed by atoms with van der Waals surface area (Å²) < 4.78 is 0. The minimum absolute atomic E-state index is 0.199. The largest absolute Gasteiger partial charge is 0.381 e. The Morgan fingerprint density at radius 1 is 1.33 bits per heavy atom. The van der Waals surface area contributed by atoms with Crippen LogP contribution in [-0.4, -0.2) is 70.3 Å². The molecule has 27 heavy (non-hydrogen) atoms. The number of piperidine rings is 1. The number of hydrogen-bond acceptors (Lipinski definition) is 5. The van der Waals surface area contributed by atoms with Crippen LogP contribution in [0, 0.1) is 0 Å². The summed E-state index contributed by atoms with van der Waals surface area (Å²) in [7, 11) is 3.84. The molecule has 2 fully saturated rings. The van der Waals surface area contributed by atoms with Crippen LogP contribution in [-0.2, 0) is 4.79 Å². The van der Waals surface area contributed by atoms with E-state index in [2.05, 4.69) is 20.2 Å². The van der Waals surface area contributed by atoms with Gasteiger partial charge in [-0.25, -0.2) is 4.98 Å². The Morgan fingerprint density at radius 3 is 2.67 bits per heavy atom. The molecule has 4 N–H and O–H groups in total. The highest BCUT2D eigenvalue weighted by Crippen LogP contribution is 2.38. The summed E-state index contributed by atoms with van der Waals surface area (Å²) in [4.78, 5) is 35.8. The first-order valence-corrected chi connectivity index (χ1v) is 9.42. The Balaban J connectivity index is 1.55. The van der Waals surface area contributed by atoms with E-state index in [9.17, 15) is 9.59 Å². The smallest absolute Gasteiger partial charge is 0.252 e. The van der Waals surface area contributed by atoms with Crippen molar-refractivity contribution in [3.63, 3.8) is 0 Å². The summed E-state index contributed by atoms with van der Waals surface area (Å²) in [5.74, 6) is -0.282. The van der Waals surface area contributed by atoms with Crippen molar-refractivity contribution in [1.29, 1.82) is 0 Å². The molecule has 2 aromatic rings. The van der Waals surface area contributed by atoms with Gasteiger partial charge in [0.05, 0.1) is 17.8 Å². The summed E-state index contributed by atoms with van der Waals surface area (Å²) in [6, 6.07) is 2.62. The van der Waals surface area contributed by atoms with E-state index in [1.54, 1.807) is 6.20 Å². The number of fused-ring (bicyclic) bond motifs is 3. The van der Waals surface area contributed by atoms with Crippen LogP contribution in [0.4, 0.5) is 5.69 Å². The van der Waals surface area contributed by atoms with E-state index in [1.807, 2.05) is 25.1 Å². The number of carbonyl (C=O) groups excluding carboxylic acids is 2. The van der Waals surface area contributed by atoms with Gasteiger partial charge in [0, 0.05) is 35.9 Å². The fourth-order valence-electron chi connectivity index (χ4n) is 4.61. The van der Waals surface area contributed by atoms with Crippen molar-refractivity contribution >= 4 is 28.5 Å². The van der Waals surface area contributed by atoms with Crippen LogP contribution in [0.25, 0.3) is 11.0 Å². The Bertz CT molecular complexity index is 862. The number of aromatic nitrogens is 2. The maximum absolute atomic E-state index is 12.6. The minimum Gasteiger partial charge on any atom is -0.381 e. The molecule has 0 saturated carbocycles. The molecule has 2 saturated heterocycles. The molecule has 144 valence electrons. The summed E-state index contributed by atoms with van der Waals surface area (Å²) in [6.45, 7) is 0.450. The Labute approximate surface area is 158 Å². The van der Waals surface area contributed by atoms with E-state index >= 15 is 0 Å². The van der Waals surface area contributed by atoms with Gasteiger partial charge < -0.3 is 25.8 Å². The lowest BCUT2D eigenvalue weighted by Gasteiger charge is -2.40. The predicted molar refractivity (Wildman–Crippen MR) is 103 cm³/mol. The molecule has 0 aromatic carbocycles. The summed E-state index contributed by atoms with van der Waals surface area (Å²) in [5.41, 5.74) is 7.44. The van der Waals surface area contributed by atoms with Crippen molar-refractivity contribution in [2.45, 2.75) is 43.8 Å². The molecular weight excluding hydrogens is 344 g/mol. The zero-order valence-electron chi connectivity index (χ0n) is 15.7. The molecule has 2 aromatic heterocycles. The van der Waals surface area contributed by atoms with Crippen LogP contribution in [0.1, 0.15) is 36.0 Å². The van der Waals surface area contributed by atoms with E-state index in [4.69, 9.17) is 5.73 Å². The SMILES string of the molecule is CN(C)CC(=O)N1[C@@H]2CC[C@H]1CC(Nc1c(C(N)=O)cnc3[nH]ccc13)C2. The second-order valence-corrected chi connectivity index (χ2v) is 7.89. The summed E-state index contributed by atoms with van der Waals surface area (Å²) >= 11 is 0. The average Bonchev–Trinajstić information content (AvgIpc) is 3.17. The number of hydrogen-bond donors (Lipinski definition) is 3. The highest BCUT2D eigenvalue weighted by Gasteiger charge is 2.43. The van der Waals surface area contributed by atoms with E-state index in [1.165, 1.54) is 6.20 Å². The normalized spacial score (nSPS) is 24.6. The molecule has 4 heterocycles. The lowest BCUT2D eigenvalue weighted by molar-refractivity contribution is -0.136. The van der Waals surface area contributed by atoms with E-state index in [0.717, 1.165) is 42.4 Å².